The molecule has 0 atom stereocenters. The summed E-state index contributed by atoms with van der Waals surface area (Å²) in [5, 5.41) is 0. The van der Waals surface area contributed by atoms with Crippen LogP contribution in [0.15, 0.2) is 82.3 Å². The predicted molar refractivity (Wildman–Crippen MR) is 115 cm³/mol. The van der Waals surface area contributed by atoms with E-state index in [2.05, 4.69) is 15.6 Å². The number of carbonyl (C=O) groups is 2. The smallest absolute Gasteiger partial charge is 0.262 e. The quantitative estimate of drug-likeness (QED) is 0.354. The lowest BCUT2D eigenvalue weighted by Crippen LogP contribution is -2.41. The van der Waals surface area contributed by atoms with Gasteiger partial charge in [-0.2, -0.15) is 0 Å². The lowest BCUT2D eigenvalue weighted by molar-refractivity contribution is -0.126. The Bertz CT molecular complexity index is 1190. The predicted octanol–water partition coefficient (Wildman–Crippen LogP) is 2.30. The summed E-state index contributed by atoms with van der Waals surface area (Å²) in [6, 6.07) is 14.7. The molecule has 0 aliphatic rings. The molecule has 10 heteroatoms. The molecule has 1 heterocycles. The molecular formula is C22H20FN3O5S. The van der Waals surface area contributed by atoms with Gasteiger partial charge in [-0.15, -0.1) is 0 Å². The van der Waals surface area contributed by atoms with Gasteiger partial charge in [0.2, 0.25) is 15.9 Å². The molecule has 3 aromatic rings. The molecule has 166 valence electrons. The maximum Gasteiger partial charge on any atom is 0.262 e. The summed E-state index contributed by atoms with van der Waals surface area (Å²) >= 11 is 0. The average Bonchev–Trinajstić information content (AvgIpc) is 3.31. The van der Waals surface area contributed by atoms with E-state index in [1.165, 1.54) is 54.8 Å². The number of nitrogens with one attached hydrogen (secondary N) is 3. The third-order valence-electron chi connectivity index (χ3n) is 4.24. The zero-order chi connectivity index (χ0) is 23.0. The molecule has 3 rings (SSSR count). The van der Waals surface area contributed by atoms with Gasteiger partial charge < -0.3 is 4.42 Å². The van der Waals surface area contributed by atoms with E-state index in [-0.39, 0.29) is 17.9 Å². The van der Waals surface area contributed by atoms with Crippen LogP contribution in [0, 0.1) is 5.82 Å². The zero-order valence-electron chi connectivity index (χ0n) is 16.7. The highest BCUT2D eigenvalue weighted by Crippen LogP contribution is 2.12. The molecule has 0 saturated heterocycles. The van der Waals surface area contributed by atoms with Crippen LogP contribution >= 0.6 is 0 Å². The fraction of sp³-hybridized carbons (Fsp3) is 0.0909. The number of halogens is 1. The number of hydrogen-bond acceptors (Lipinski definition) is 5. The molecule has 0 saturated carbocycles. The molecule has 0 spiro atoms. The van der Waals surface area contributed by atoms with Crippen LogP contribution in [0.25, 0.3) is 6.08 Å². The Balaban J connectivity index is 1.47. The van der Waals surface area contributed by atoms with Crippen LogP contribution in [0.3, 0.4) is 0 Å². The second kappa shape index (κ2) is 10.5. The molecule has 0 radical (unpaired) electrons. The third kappa shape index (κ3) is 6.89. The van der Waals surface area contributed by atoms with Crippen molar-refractivity contribution in [3.05, 3.63) is 95.7 Å². The maximum atomic E-state index is 12.9. The summed E-state index contributed by atoms with van der Waals surface area (Å²) in [6.45, 7) is 0.0318. The summed E-state index contributed by atoms with van der Waals surface area (Å²) in [6.07, 6.45) is 4.09. The molecule has 0 bridgehead atoms. The Kier molecular flexibility index (Phi) is 7.53. The minimum Gasteiger partial charge on any atom is -0.468 e. The SMILES string of the molecule is O=C(/C=C/c1ccc(S(=O)(=O)NCc2ccco2)cc1)NNC(=O)Cc1ccc(F)cc1. The van der Waals surface area contributed by atoms with Crippen molar-refractivity contribution in [3.8, 4) is 0 Å². The largest absolute Gasteiger partial charge is 0.468 e. The number of amides is 2. The molecule has 2 aromatic carbocycles. The standard InChI is InChI=1S/C22H20FN3O5S/c23-18-8-3-17(4-9-18)14-22(28)26-25-21(27)12-7-16-5-10-20(11-6-16)32(29,30)24-15-19-2-1-13-31-19/h1-13,24H,14-15H2,(H,25,27)(H,26,28)/b12-7+. The van der Waals surface area contributed by atoms with E-state index in [0.717, 1.165) is 0 Å². The van der Waals surface area contributed by atoms with E-state index in [0.29, 0.717) is 16.9 Å². The normalized spacial score (nSPS) is 11.4. The molecule has 0 aliphatic heterocycles. The number of rotatable bonds is 8. The first-order valence-electron chi connectivity index (χ1n) is 9.45. The Hall–Kier alpha value is -3.76. The van der Waals surface area contributed by atoms with Crippen LogP contribution in [0.5, 0.6) is 0 Å². The minimum atomic E-state index is -3.71. The Labute approximate surface area is 184 Å². The second-order valence-corrected chi connectivity index (χ2v) is 8.41. The van der Waals surface area contributed by atoms with Crippen molar-refractivity contribution in [3.63, 3.8) is 0 Å². The molecule has 2 amide bonds. The summed E-state index contributed by atoms with van der Waals surface area (Å²) in [4.78, 5) is 23.8. The number of carbonyl (C=O) groups excluding carboxylic acids is 2. The van der Waals surface area contributed by atoms with Crippen molar-refractivity contribution < 1.29 is 26.8 Å². The van der Waals surface area contributed by atoms with Gasteiger partial charge in [0.15, 0.2) is 0 Å². The van der Waals surface area contributed by atoms with Crippen molar-refractivity contribution in [1.29, 1.82) is 0 Å². The van der Waals surface area contributed by atoms with Gasteiger partial charge in [-0.1, -0.05) is 24.3 Å². The first-order chi connectivity index (χ1) is 15.3. The van der Waals surface area contributed by atoms with Crippen LogP contribution in [0.4, 0.5) is 4.39 Å². The molecule has 1 aromatic heterocycles. The molecule has 0 unspecified atom stereocenters. The van der Waals surface area contributed by atoms with Crippen LogP contribution in [0.1, 0.15) is 16.9 Å². The number of hydrazine groups is 1. The number of sulfonamides is 1. The van der Waals surface area contributed by atoms with Gasteiger partial charge in [0.05, 0.1) is 24.1 Å². The van der Waals surface area contributed by atoms with E-state index in [1.807, 2.05) is 0 Å². The van der Waals surface area contributed by atoms with Crippen molar-refractivity contribution in [2.24, 2.45) is 0 Å². The van der Waals surface area contributed by atoms with E-state index < -0.39 is 27.7 Å². The van der Waals surface area contributed by atoms with Crippen LogP contribution in [-0.4, -0.2) is 20.2 Å². The zero-order valence-corrected chi connectivity index (χ0v) is 17.6. The van der Waals surface area contributed by atoms with Crippen molar-refractivity contribution in [2.45, 2.75) is 17.9 Å². The van der Waals surface area contributed by atoms with Crippen molar-refractivity contribution in [1.82, 2.24) is 15.6 Å². The van der Waals surface area contributed by atoms with Crippen LogP contribution in [0.2, 0.25) is 0 Å². The first kappa shape index (κ1) is 22.9. The molecular weight excluding hydrogens is 437 g/mol. The molecule has 8 nitrogen and oxygen atoms in total. The van der Waals surface area contributed by atoms with E-state index >= 15 is 0 Å². The lowest BCUT2D eigenvalue weighted by Gasteiger charge is -2.06. The van der Waals surface area contributed by atoms with Crippen molar-refractivity contribution in [2.75, 3.05) is 0 Å². The summed E-state index contributed by atoms with van der Waals surface area (Å²) in [7, 11) is -3.71. The molecule has 32 heavy (non-hydrogen) atoms. The fourth-order valence-corrected chi connectivity index (χ4v) is 3.59. The monoisotopic (exact) mass is 457 g/mol. The molecule has 0 aliphatic carbocycles. The fourth-order valence-electron chi connectivity index (χ4n) is 2.60. The highest BCUT2D eigenvalue weighted by atomic mass is 32.2. The highest BCUT2D eigenvalue weighted by Gasteiger charge is 2.14. The molecule has 0 fully saturated rings. The minimum absolute atomic E-state index is 0.0197. The Morgan fingerprint density at radius 3 is 2.34 bits per heavy atom. The second-order valence-electron chi connectivity index (χ2n) is 6.65. The van der Waals surface area contributed by atoms with Crippen molar-refractivity contribution >= 4 is 27.9 Å². The third-order valence-corrected chi connectivity index (χ3v) is 5.65. The first-order valence-corrected chi connectivity index (χ1v) is 10.9. The average molecular weight is 457 g/mol. The van der Waals surface area contributed by atoms with Gasteiger partial charge in [-0.25, -0.2) is 17.5 Å². The summed E-state index contributed by atoms with van der Waals surface area (Å²) in [5.74, 6) is -0.948. The maximum absolute atomic E-state index is 12.9. The number of furan rings is 1. The summed E-state index contributed by atoms with van der Waals surface area (Å²) in [5.41, 5.74) is 5.68. The van der Waals surface area contributed by atoms with Gasteiger partial charge in [0.25, 0.3) is 5.91 Å². The Morgan fingerprint density at radius 2 is 1.69 bits per heavy atom. The number of hydrogen-bond donors (Lipinski definition) is 3. The van der Waals surface area contributed by atoms with E-state index in [4.69, 9.17) is 4.42 Å². The van der Waals surface area contributed by atoms with Gasteiger partial charge >= 0.3 is 0 Å². The van der Waals surface area contributed by atoms with Gasteiger partial charge in [-0.3, -0.25) is 20.4 Å². The highest BCUT2D eigenvalue weighted by molar-refractivity contribution is 7.89. The van der Waals surface area contributed by atoms with Gasteiger partial charge in [-0.05, 0) is 53.6 Å². The molecule has 3 N–H and O–H groups in total. The van der Waals surface area contributed by atoms with Crippen LogP contribution in [-0.2, 0) is 32.6 Å². The topological polar surface area (TPSA) is 118 Å². The lowest BCUT2D eigenvalue weighted by atomic mass is 10.1. The Morgan fingerprint density at radius 1 is 0.969 bits per heavy atom. The van der Waals surface area contributed by atoms with E-state index in [9.17, 15) is 22.4 Å². The van der Waals surface area contributed by atoms with Gasteiger partial charge in [0.1, 0.15) is 11.6 Å². The summed E-state index contributed by atoms with van der Waals surface area (Å²) < 4.78 is 45.0. The number of benzene rings is 2. The van der Waals surface area contributed by atoms with E-state index in [1.54, 1.807) is 24.3 Å². The van der Waals surface area contributed by atoms with Gasteiger partial charge in [0, 0.05) is 6.08 Å². The van der Waals surface area contributed by atoms with Crippen LogP contribution < -0.4 is 15.6 Å².